The van der Waals surface area contributed by atoms with Crippen LogP contribution in [-0.4, -0.2) is 81.9 Å². The van der Waals surface area contributed by atoms with E-state index in [9.17, 15) is 4.39 Å². The first-order valence-corrected chi connectivity index (χ1v) is 9.27. The molecule has 0 aromatic heterocycles. The summed E-state index contributed by atoms with van der Waals surface area (Å²) in [5.41, 5.74) is 0.949. The van der Waals surface area contributed by atoms with Crippen LogP contribution >= 0.6 is 24.0 Å². The van der Waals surface area contributed by atoms with Gasteiger partial charge in [0.2, 0.25) is 0 Å². The van der Waals surface area contributed by atoms with E-state index in [1.165, 1.54) is 12.1 Å². The Bertz CT molecular complexity index is 596. The molecule has 0 aliphatic carbocycles. The second-order valence-electron chi connectivity index (χ2n) is 6.74. The third-order valence-corrected chi connectivity index (χ3v) is 5.21. The molecule has 1 aromatic carbocycles. The highest BCUT2D eigenvalue weighted by molar-refractivity contribution is 14.0. The van der Waals surface area contributed by atoms with Crippen LogP contribution in [0.4, 0.5) is 4.39 Å². The van der Waals surface area contributed by atoms with E-state index in [0.717, 1.165) is 57.3 Å². The number of methoxy groups -OCH3 is 1. The zero-order valence-electron chi connectivity index (χ0n) is 16.1. The number of nitrogens with one attached hydrogen (secondary N) is 1. The van der Waals surface area contributed by atoms with Gasteiger partial charge in [-0.15, -0.1) is 24.0 Å². The van der Waals surface area contributed by atoms with E-state index in [4.69, 9.17) is 9.47 Å². The van der Waals surface area contributed by atoms with Gasteiger partial charge in [-0.05, 0) is 24.1 Å². The summed E-state index contributed by atoms with van der Waals surface area (Å²) in [5.74, 6) is 0.656. The summed E-state index contributed by atoms with van der Waals surface area (Å²) in [6.45, 7) is 6.26. The van der Waals surface area contributed by atoms with Gasteiger partial charge in [0.05, 0.1) is 19.3 Å². The van der Waals surface area contributed by atoms with E-state index in [0.29, 0.717) is 12.6 Å². The number of morpholine rings is 1. The molecule has 2 aliphatic heterocycles. The Labute approximate surface area is 178 Å². The second kappa shape index (κ2) is 11.1. The Morgan fingerprint density at radius 1 is 1.30 bits per heavy atom. The minimum atomic E-state index is -0.237. The van der Waals surface area contributed by atoms with Crippen LogP contribution in [0, 0.1) is 5.82 Å². The lowest BCUT2D eigenvalue weighted by molar-refractivity contribution is 0.0194. The number of nitrogens with zero attached hydrogens (tertiary/aromatic N) is 3. The zero-order valence-corrected chi connectivity index (χ0v) is 18.4. The molecule has 2 atom stereocenters. The summed E-state index contributed by atoms with van der Waals surface area (Å²) in [4.78, 5) is 9.26. The number of halogens is 2. The Hall–Kier alpha value is -0.970. The van der Waals surface area contributed by atoms with E-state index in [1.54, 1.807) is 19.2 Å². The van der Waals surface area contributed by atoms with E-state index >= 15 is 0 Å². The van der Waals surface area contributed by atoms with Gasteiger partial charge in [-0.25, -0.2) is 4.39 Å². The predicted molar refractivity (Wildman–Crippen MR) is 115 cm³/mol. The summed E-state index contributed by atoms with van der Waals surface area (Å²) in [5, 5.41) is 3.41. The molecule has 8 heteroatoms. The van der Waals surface area contributed by atoms with Crippen molar-refractivity contribution in [1.82, 2.24) is 15.1 Å². The SMILES string of the molecule is CN=C(NCC(OC)c1ccc(F)cc1)N1CCC(N2CCOCC2)C1.I. The summed E-state index contributed by atoms with van der Waals surface area (Å²) >= 11 is 0. The van der Waals surface area contributed by atoms with Crippen LogP contribution in [0.3, 0.4) is 0 Å². The molecule has 3 rings (SSSR count). The van der Waals surface area contributed by atoms with Crippen molar-refractivity contribution in [3.63, 3.8) is 0 Å². The molecule has 27 heavy (non-hydrogen) atoms. The third-order valence-electron chi connectivity index (χ3n) is 5.21. The molecular formula is C19H30FIN4O2. The summed E-state index contributed by atoms with van der Waals surface area (Å²) in [7, 11) is 3.48. The molecule has 0 bridgehead atoms. The minimum Gasteiger partial charge on any atom is -0.379 e. The first kappa shape index (κ1) is 22.3. The van der Waals surface area contributed by atoms with Gasteiger partial charge in [-0.2, -0.15) is 0 Å². The highest BCUT2D eigenvalue weighted by atomic mass is 127. The van der Waals surface area contributed by atoms with Crippen molar-refractivity contribution < 1.29 is 13.9 Å². The Balaban J connectivity index is 0.00000261. The molecule has 2 heterocycles. The monoisotopic (exact) mass is 492 g/mol. The first-order valence-electron chi connectivity index (χ1n) is 9.27. The van der Waals surface area contributed by atoms with Crippen LogP contribution in [-0.2, 0) is 9.47 Å². The average molecular weight is 492 g/mol. The van der Waals surface area contributed by atoms with Crippen LogP contribution in [0.5, 0.6) is 0 Å². The summed E-state index contributed by atoms with van der Waals surface area (Å²) < 4.78 is 24.1. The summed E-state index contributed by atoms with van der Waals surface area (Å²) in [6.07, 6.45) is 0.997. The molecule has 0 spiro atoms. The quantitative estimate of drug-likeness (QED) is 0.388. The lowest BCUT2D eigenvalue weighted by atomic mass is 10.1. The average Bonchev–Trinajstić information content (AvgIpc) is 3.17. The van der Waals surface area contributed by atoms with E-state index < -0.39 is 0 Å². The minimum absolute atomic E-state index is 0. The topological polar surface area (TPSA) is 49.3 Å². The van der Waals surface area contributed by atoms with Crippen LogP contribution in [0.25, 0.3) is 0 Å². The van der Waals surface area contributed by atoms with E-state index in [-0.39, 0.29) is 35.9 Å². The molecule has 2 saturated heterocycles. The molecule has 1 aromatic rings. The lowest BCUT2D eigenvalue weighted by Crippen LogP contribution is -2.47. The number of ether oxygens (including phenoxy) is 2. The maximum absolute atomic E-state index is 13.1. The third kappa shape index (κ3) is 6.00. The molecule has 0 amide bonds. The van der Waals surface area contributed by atoms with E-state index in [1.807, 2.05) is 7.05 Å². The zero-order chi connectivity index (χ0) is 18.4. The normalized spacial score (nSPS) is 22.4. The smallest absolute Gasteiger partial charge is 0.193 e. The molecule has 0 radical (unpaired) electrons. The maximum atomic E-state index is 13.1. The van der Waals surface area contributed by atoms with E-state index in [2.05, 4.69) is 20.1 Å². The van der Waals surface area contributed by atoms with Crippen LogP contribution in [0.2, 0.25) is 0 Å². The standard InChI is InChI=1S/C19H29FN4O2.HI/c1-21-19(22-13-18(25-2)15-3-5-16(20)6-4-15)24-8-7-17(14-24)23-9-11-26-12-10-23;/h3-6,17-18H,7-14H2,1-2H3,(H,21,22);1H. The molecule has 2 fully saturated rings. The highest BCUT2D eigenvalue weighted by Gasteiger charge is 2.30. The van der Waals surface area contributed by atoms with Crippen LogP contribution < -0.4 is 5.32 Å². The number of rotatable bonds is 5. The van der Waals surface area contributed by atoms with Crippen molar-refractivity contribution in [2.24, 2.45) is 4.99 Å². The van der Waals surface area contributed by atoms with Gasteiger partial charge in [0.1, 0.15) is 5.82 Å². The van der Waals surface area contributed by atoms with Gasteiger partial charge in [0.15, 0.2) is 5.96 Å². The maximum Gasteiger partial charge on any atom is 0.193 e. The molecule has 152 valence electrons. The first-order chi connectivity index (χ1) is 12.7. The second-order valence-corrected chi connectivity index (χ2v) is 6.74. The van der Waals surface area contributed by atoms with Gasteiger partial charge in [0.25, 0.3) is 0 Å². The number of benzene rings is 1. The largest absolute Gasteiger partial charge is 0.379 e. The number of hydrogen-bond acceptors (Lipinski definition) is 4. The summed E-state index contributed by atoms with van der Waals surface area (Å²) in [6, 6.07) is 7.01. The molecule has 0 saturated carbocycles. The Morgan fingerprint density at radius 3 is 2.63 bits per heavy atom. The highest BCUT2D eigenvalue weighted by Crippen LogP contribution is 2.19. The number of likely N-dealkylation sites (tertiary alicyclic amines) is 1. The van der Waals surface area contributed by atoms with Gasteiger partial charge >= 0.3 is 0 Å². The fourth-order valence-electron chi connectivity index (χ4n) is 3.71. The Morgan fingerprint density at radius 2 is 2.00 bits per heavy atom. The Kier molecular flexibility index (Phi) is 9.20. The van der Waals surface area contributed by atoms with Gasteiger partial charge in [-0.3, -0.25) is 9.89 Å². The molecule has 2 aliphatic rings. The van der Waals surface area contributed by atoms with Crippen molar-refractivity contribution in [2.45, 2.75) is 18.6 Å². The molecule has 1 N–H and O–H groups in total. The van der Waals surface area contributed by atoms with Crippen molar-refractivity contribution in [3.05, 3.63) is 35.6 Å². The van der Waals surface area contributed by atoms with Crippen molar-refractivity contribution >= 4 is 29.9 Å². The number of aliphatic imine (C=N–C) groups is 1. The number of guanidine groups is 1. The van der Waals surface area contributed by atoms with Crippen LogP contribution in [0.15, 0.2) is 29.3 Å². The van der Waals surface area contributed by atoms with Gasteiger partial charge in [-0.1, -0.05) is 12.1 Å². The fourth-order valence-corrected chi connectivity index (χ4v) is 3.71. The predicted octanol–water partition coefficient (Wildman–Crippen LogP) is 2.11. The van der Waals surface area contributed by atoms with Gasteiger partial charge in [0, 0.05) is 52.9 Å². The van der Waals surface area contributed by atoms with Crippen molar-refractivity contribution in [3.8, 4) is 0 Å². The lowest BCUT2D eigenvalue weighted by Gasteiger charge is -2.32. The van der Waals surface area contributed by atoms with Crippen LogP contribution in [0.1, 0.15) is 18.1 Å². The molecule has 2 unspecified atom stereocenters. The van der Waals surface area contributed by atoms with Crippen molar-refractivity contribution in [2.75, 3.05) is 60.1 Å². The number of hydrogen-bond donors (Lipinski definition) is 1. The van der Waals surface area contributed by atoms with Gasteiger partial charge < -0.3 is 19.7 Å². The van der Waals surface area contributed by atoms with Crippen molar-refractivity contribution in [1.29, 1.82) is 0 Å². The molecule has 6 nitrogen and oxygen atoms in total. The molecular weight excluding hydrogens is 462 g/mol. The fraction of sp³-hybridized carbons (Fsp3) is 0.632.